The monoisotopic (exact) mass is 214 g/mol. The van der Waals surface area contributed by atoms with Crippen LogP contribution < -0.4 is 15.9 Å². The summed E-state index contributed by atoms with van der Waals surface area (Å²) in [5.41, 5.74) is 1.07. The van der Waals surface area contributed by atoms with Crippen molar-refractivity contribution in [1.29, 1.82) is 0 Å². The van der Waals surface area contributed by atoms with Gasteiger partial charge in [-0.2, -0.15) is 0 Å². The Labute approximate surface area is 96.7 Å². The van der Waals surface area contributed by atoms with Gasteiger partial charge in [-0.1, -0.05) is 31.4 Å². The lowest BCUT2D eigenvalue weighted by Gasteiger charge is -2.10. The van der Waals surface area contributed by atoms with Crippen LogP contribution >= 0.6 is 0 Å². The normalized spacial score (nSPS) is 12.9. The second kappa shape index (κ2) is 5.91. The van der Waals surface area contributed by atoms with E-state index in [0.717, 1.165) is 16.3 Å². The van der Waals surface area contributed by atoms with Crippen molar-refractivity contribution in [2.45, 2.75) is 19.9 Å². The van der Waals surface area contributed by atoms with Gasteiger partial charge in [0.2, 0.25) is 0 Å². The summed E-state index contributed by atoms with van der Waals surface area (Å²) in [5.74, 6) is 0. The summed E-state index contributed by atoms with van der Waals surface area (Å²) in [6.45, 7) is 11.6. The van der Waals surface area contributed by atoms with Gasteiger partial charge in [-0.15, -0.1) is 0 Å². The quantitative estimate of drug-likeness (QED) is 0.827. The average molecular weight is 214 g/mol. The zero-order chi connectivity index (χ0) is 12.0. The van der Waals surface area contributed by atoms with Gasteiger partial charge in [0, 0.05) is 23.1 Å². The minimum atomic E-state index is 0.385. The predicted octanol–water partition coefficient (Wildman–Crippen LogP) is 1.83. The van der Waals surface area contributed by atoms with E-state index < -0.39 is 0 Å². The first-order chi connectivity index (χ1) is 7.69. The standard InChI is InChI=1S/C14H18N2/c1-5-7-12-13(8-6-2)15-10-9-14(12)16-11(3)4/h5-11,16H,1-2H2,3-4H3/b12-7+,13-8+. The van der Waals surface area contributed by atoms with Gasteiger partial charge in [0.1, 0.15) is 0 Å². The van der Waals surface area contributed by atoms with E-state index in [-0.39, 0.29) is 0 Å². The maximum atomic E-state index is 4.31. The highest BCUT2D eigenvalue weighted by Crippen LogP contribution is 1.97. The third-order valence-corrected chi connectivity index (χ3v) is 2.03. The van der Waals surface area contributed by atoms with Crippen LogP contribution in [0.3, 0.4) is 0 Å². The summed E-state index contributed by atoms with van der Waals surface area (Å²) in [6, 6.07) is 2.35. The Morgan fingerprint density at radius 1 is 1.25 bits per heavy atom. The van der Waals surface area contributed by atoms with Crippen LogP contribution in [-0.4, -0.2) is 11.0 Å². The lowest BCUT2D eigenvalue weighted by molar-refractivity contribution is 0.896. The smallest absolute Gasteiger partial charge is 0.0722 e. The fourth-order valence-electron chi connectivity index (χ4n) is 1.46. The molecule has 0 atom stereocenters. The SMILES string of the molecule is C=C/C=c1/c(NC(C)C)ccn/c1=C/C=C. The summed E-state index contributed by atoms with van der Waals surface area (Å²) in [7, 11) is 0. The third kappa shape index (κ3) is 3.09. The van der Waals surface area contributed by atoms with Gasteiger partial charge in [0.05, 0.1) is 5.35 Å². The molecule has 0 saturated carbocycles. The van der Waals surface area contributed by atoms with E-state index in [4.69, 9.17) is 0 Å². The highest BCUT2D eigenvalue weighted by atomic mass is 14.9. The Morgan fingerprint density at radius 2 is 1.94 bits per heavy atom. The van der Waals surface area contributed by atoms with Crippen LogP contribution in [0.4, 0.5) is 5.69 Å². The number of rotatable bonds is 4. The number of nitrogens with zero attached hydrogens (tertiary/aromatic N) is 1. The van der Waals surface area contributed by atoms with Crippen molar-refractivity contribution < 1.29 is 0 Å². The minimum absolute atomic E-state index is 0.385. The Bertz CT molecular complexity index is 484. The molecule has 0 radical (unpaired) electrons. The number of anilines is 1. The molecular weight excluding hydrogens is 196 g/mol. The molecule has 0 spiro atoms. The van der Waals surface area contributed by atoms with Gasteiger partial charge < -0.3 is 5.32 Å². The number of pyridine rings is 1. The van der Waals surface area contributed by atoms with Crippen LogP contribution in [0.2, 0.25) is 0 Å². The molecule has 1 aromatic rings. The summed E-state index contributed by atoms with van der Waals surface area (Å²) in [4.78, 5) is 4.31. The first-order valence-electron chi connectivity index (χ1n) is 5.36. The molecule has 0 amide bonds. The molecule has 0 saturated heterocycles. The Morgan fingerprint density at radius 3 is 2.50 bits per heavy atom. The molecule has 2 nitrogen and oxygen atoms in total. The molecule has 0 aliphatic rings. The molecule has 1 rings (SSSR count). The largest absolute Gasteiger partial charge is 0.382 e. The van der Waals surface area contributed by atoms with Crippen molar-refractivity contribution in [2.24, 2.45) is 0 Å². The molecule has 1 aromatic heterocycles. The lowest BCUT2D eigenvalue weighted by Crippen LogP contribution is -2.31. The van der Waals surface area contributed by atoms with E-state index >= 15 is 0 Å². The van der Waals surface area contributed by atoms with Crippen molar-refractivity contribution in [3.63, 3.8) is 0 Å². The number of allylic oxidation sites excluding steroid dienone is 2. The minimum Gasteiger partial charge on any atom is -0.382 e. The van der Waals surface area contributed by atoms with Crippen LogP contribution in [0.5, 0.6) is 0 Å². The van der Waals surface area contributed by atoms with Crippen molar-refractivity contribution in [3.05, 3.63) is 48.1 Å². The van der Waals surface area contributed by atoms with Crippen LogP contribution in [0.1, 0.15) is 13.8 Å². The summed E-state index contributed by atoms with van der Waals surface area (Å²) < 4.78 is 0. The number of hydrogen-bond acceptors (Lipinski definition) is 2. The molecular formula is C14H18N2. The lowest BCUT2D eigenvalue weighted by atomic mass is 10.2. The Kier molecular flexibility index (Phi) is 4.52. The average Bonchev–Trinajstić information content (AvgIpc) is 2.22. The molecule has 2 heteroatoms. The molecule has 0 aliphatic heterocycles. The van der Waals surface area contributed by atoms with Gasteiger partial charge in [-0.3, -0.25) is 4.98 Å². The van der Waals surface area contributed by atoms with Gasteiger partial charge in [-0.05, 0) is 26.0 Å². The number of nitrogens with one attached hydrogen (secondary N) is 1. The van der Waals surface area contributed by atoms with Crippen molar-refractivity contribution >= 4 is 17.8 Å². The van der Waals surface area contributed by atoms with Crippen LogP contribution in [0.15, 0.2) is 37.6 Å². The van der Waals surface area contributed by atoms with E-state index in [1.165, 1.54) is 0 Å². The highest BCUT2D eigenvalue weighted by molar-refractivity contribution is 5.53. The van der Waals surface area contributed by atoms with Crippen molar-refractivity contribution in [1.82, 2.24) is 4.98 Å². The fourth-order valence-corrected chi connectivity index (χ4v) is 1.46. The van der Waals surface area contributed by atoms with Crippen molar-refractivity contribution in [3.8, 4) is 0 Å². The molecule has 16 heavy (non-hydrogen) atoms. The fraction of sp³-hybridized carbons (Fsp3) is 0.214. The van der Waals surface area contributed by atoms with Crippen LogP contribution in [0.25, 0.3) is 12.2 Å². The first-order valence-corrected chi connectivity index (χ1v) is 5.36. The molecule has 0 fully saturated rings. The molecule has 0 bridgehead atoms. The van der Waals surface area contributed by atoms with E-state index in [0.29, 0.717) is 6.04 Å². The van der Waals surface area contributed by atoms with Gasteiger partial charge in [-0.25, -0.2) is 0 Å². The van der Waals surface area contributed by atoms with E-state index in [1.54, 1.807) is 18.3 Å². The van der Waals surface area contributed by atoms with Crippen LogP contribution in [-0.2, 0) is 0 Å². The highest BCUT2D eigenvalue weighted by Gasteiger charge is 1.98. The number of aromatic nitrogens is 1. The maximum absolute atomic E-state index is 4.31. The molecule has 84 valence electrons. The molecule has 1 heterocycles. The topological polar surface area (TPSA) is 24.9 Å². The molecule has 1 N–H and O–H groups in total. The van der Waals surface area contributed by atoms with Gasteiger partial charge in [0.15, 0.2) is 0 Å². The Balaban J connectivity index is 3.45. The third-order valence-electron chi connectivity index (χ3n) is 2.03. The molecule has 0 aromatic carbocycles. The molecule has 0 aliphatic carbocycles. The van der Waals surface area contributed by atoms with Crippen molar-refractivity contribution in [2.75, 3.05) is 5.32 Å². The second-order valence-electron chi connectivity index (χ2n) is 3.76. The second-order valence-corrected chi connectivity index (χ2v) is 3.76. The zero-order valence-corrected chi connectivity index (χ0v) is 9.90. The van der Waals surface area contributed by atoms with Gasteiger partial charge >= 0.3 is 0 Å². The maximum Gasteiger partial charge on any atom is 0.0722 e. The Hall–Kier alpha value is -1.83. The van der Waals surface area contributed by atoms with E-state index in [1.807, 2.05) is 18.2 Å². The van der Waals surface area contributed by atoms with Crippen LogP contribution in [0, 0.1) is 0 Å². The van der Waals surface area contributed by atoms with Gasteiger partial charge in [0.25, 0.3) is 0 Å². The summed E-state index contributed by atoms with van der Waals surface area (Å²) >= 11 is 0. The van der Waals surface area contributed by atoms with E-state index in [9.17, 15) is 0 Å². The summed E-state index contributed by atoms with van der Waals surface area (Å²) in [5, 5.41) is 5.33. The first kappa shape index (κ1) is 12.2. The molecule has 0 unspecified atom stereocenters. The van der Waals surface area contributed by atoms with E-state index in [2.05, 4.69) is 37.3 Å². The predicted molar refractivity (Wildman–Crippen MR) is 71.6 cm³/mol. The zero-order valence-electron chi connectivity index (χ0n) is 9.90. The number of hydrogen-bond donors (Lipinski definition) is 1. The summed E-state index contributed by atoms with van der Waals surface area (Å²) in [6.07, 6.45) is 9.14.